The van der Waals surface area contributed by atoms with Crippen molar-refractivity contribution in [2.75, 3.05) is 39.5 Å². The van der Waals surface area contributed by atoms with Crippen LogP contribution in [0.4, 0.5) is 4.39 Å². The zero-order valence-electron chi connectivity index (χ0n) is 12.9. The summed E-state index contributed by atoms with van der Waals surface area (Å²) in [4.78, 5) is 13.3. The maximum absolute atomic E-state index is 13.5. The Morgan fingerprint density at radius 3 is 2.39 bits per heavy atom. The van der Waals surface area contributed by atoms with Crippen LogP contribution in [-0.2, 0) is 14.8 Å². The highest BCUT2D eigenvalue weighted by molar-refractivity contribution is 7.88. The Morgan fingerprint density at radius 1 is 1.30 bits per heavy atom. The molecule has 1 aromatic rings. The van der Waals surface area contributed by atoms with Gasteiger partial charge in [-0.25, -0.2) is 12.8 Å². The van der Waals surface area contributed by atoms with Crippen LogP contribution in [0.3, 0.4) is 0 Å². The molecule has 1 aliphatic rings. The number of sulfonamides is 1. The van der Waals surface area contributed by atoms with Gasteiger partial charge in [0.25, 0.3) is 0 Å². The van der Waals surface area contributed by atoms with E-state index in [-0.39, 0.29) is 37.5 Å². The first-order valence-corrected chi connectivity index (χ1v) is 8.84. The summed E-state index contributed by atoms with van der Waals surface area (Å²) in [6.45, 7) is 0.869. The minimum atomic E-state index is -3.30. The average Bonchev–Trinajstić information content (AvgIpc) is 2.47. The molecule has 0 aromatic heterocycles. The van der Waals surface area contributed by atoms with Gasteiger partial charge in [0.05, 0.1) is 13.4 Å². The van der Waals surface area contributed by atoms with Gasteiger partial charge in [0, 0.05) is 31.7 Å². The molecule has 0 spiro atoms. The Labute approximate surface area is 134 Å². The van der Waals surface area contributed by atoms with Gasteiger partial charge < -0.3 is 9.84 Å². The highest BCUT2D eigenvalue weighted by Gasteiger charge is 2.34. The lowest BCUT2D eigenvalue weighted by molar-refractivity contribution is -0.144. The fourth-order valence-electron chi connectivity index (χ4n) is 2.70. The van der Waals surface area contributed by atoms with Crippen molar-refractivity contribution in [3.05, 3.63) is 29.6 Å². The molecule has 9 heteroatoms. The molecular formula is C14H19FN2O5S. The van der Waals surface area contributed by atoms with Crippen molar-refractivity contribution >= 4 is 16.0 Å². The van der Waals surface area contributed by atoms with Gasteiger partial charge in [-0.3, -0.25) is 9.69 Å². The molecule has 0 aliphatic carbocycles. The Hall–Kier alpha value is -1.71. The first-order chi connectivity index (χ1) is 10.7. The van der Waals surface area contributed by atoms with Gasteiger partial charge in [-0.05, 0) is 18.2 Å². The van der Waals surface area contributed by atoms with E-state index >= 15 is 0 Å². The average molecular weight is 346 g/mol. The zero-order valence-corrected chi connectivity index (χ0v) is 13.7. The van der Waals surface area contributed by atoms with Crippen LogP contribution in [0.5, 0.6) is 5.75 Å². The lowest BCUT2D eigenvalue weighted by Crippen LogP contribution is -2.50. The topological polar surface area (TPSA) is 87.2 Å². The Kier molecular flexibility index (Phi) is 5.23. The molecule has 1 heterocycles. The van der Waals surface area contributed by atoms with Crippen LogP contribution < -0.4 is 4.74 Å². The Morgan fingerprint density at radius 2 is 1.91 bits per heavy atom. The summed E-state index contributed by atoms with van der Waals surface area (Å²) in [5, 5.41) is 9.56. The summed E-state index contributed by atoms with van der Waals surface area (Å²) in [5.41, 5.74) is 0.216. The van der Waals surface area contributed by atoms with Gasteiger partial charge in [-0.1, -0.05) is 0 Å². The molecule has 7 nitrogen and oxygen atoms in total. The molecule has 1 saturated heterocycles. The smallest absolute Gasteiger partial charge is 0.325 e. The van der Waals surface area contributed by atoms with E-state index in [0.29, 0.717) is 0 Å². The number of piperazine rings is 1. The molecule has 128 valence electrons. The second kappa shape index (κ2) is 6.81. The molecule has 23 heavy (non-hydrogen) atoms. The number of halogens is 1. The minimum Gasteiger partial charge on any atom is -0.496 e. The summed E-state index contributed by atoms with van der Waals surface area (Å²) in [6, 6.07) is 2.62. The first-order valence-electron chi connectivity index (χ1n) is 6.99. The SMILES string of the molecule is COc1ccc(F)cc1[C@H](C(=O)O)N1CCN(S(C)(=O)=O)CC1. The number of carboxylic acid groups (broad SMARTS) is 1. The van der Waals surface area contributed by atoms with Crippen molar-refractivity contribution in [3.63, 3.8) is 0 Å². The third-order valence-electron chi connectivity index (χ3n) is 3.83. The van der Waals surface area contributed by atoms with E-state index in [2.05, 4.69) is 0 Å². The number of nitrogens with zero attached hydrogens (tertiary/aromatic N) is 2. The number of aliphatic carboxylic acids is 1. The van der Waals surface area contributed by atoms with Crippen LogP contribution in [0.1, 0.15) is 11.6 Å². The normalized spacial score (nSPS) is 18.6. The monoisotopic (exact) mass is 346 g/mol. The molecule has 0 radical (unpaired) electrons. The van der Waals surface area contributed by atoms with Gasteiger partial charge in [0.2, 0.25) is 10.0 Å². The number of ether oxygens (including phenoxy) is 1. The molecule has 1 aromatic carbocycles. The number of benzene rings is 1. The van der Waals surface area contributed by atoms with Crippen LogP contribution in [0.15, 0.2) is 18.2 Å². The second-order valence-corrected chi connectivity index (χ2v) is 7.31. The highest BCUT2D eigenvalue weighted by atomic mass is 32.2. The van der Waals surface area contributed by atoms with Crippen molar-refractivity contribution in [1.82, 2.24) is 9.21 Å². The van der Waals surface area contributed by atoms with E-state index in [9.17, 15) is 22.7 Å². The van der Waals surface area contributed by atoms with Gasteiger partial charge >= 0.3 is 5.97 Å². The minimum absolute atomic E-state index is 0.195. The maximum atomic E-state index is 13.5. The third-order valence-corrected chi connectivity index (χ3v) is 5.13. The van der Waals surface area contributed by atoms with Crippen molar-refractivity contribution in [2.24, 2.45) is 0 Å². The number of carboxylic acids is 1. The fraction of sp³-hybridized carbons (Fsp3) is 0.500. The standard InChI is InChI=1S/C14H19FN2O5S/c1-22-12-4-3-10(15)9-11(12)13(14(18)19)16-5-7-17(8-6-16)23(2,20)21/h3-4,9,13H,5-8H2,1-2H3,(H,18,19)/t13-/m1/s1. The van der Waals surface area contributed by atoms with Crippen LogP contribution in [0.25, 0.3) is 0 Å². The predicted octanol–water partition coefficient (Wildman–Crippen LogP) is 0.537. The molecule has 0 bridgehead atoms. The van der Waals surface area contributed by atoms with Crippen molar-refractivity contribution in [2.45, 2.75) is 6.04 Å². The van der Waals surface area contributed by atoms with Crippen LogP contribution in [-0.4, -0.2) is 68.2 Å². The summed E-state index contributed by atoms with van der Waals surface area (Å²) in [7, 11) is -1.92. The molecule has 0 saturated carbocycles. The van der Waals surface area contributed by atoms with Crippen molar-refractivity contribution < 1.29 is 27.4 Å². The van der Waals surface area contributed by atoms with Crippen molar-refractivity contribution in [1.29, 1.82) is 0 Å². The lowest BCUT2D eigenvalue weighted by Gasteiger charge is -2.37. The van der Waals surface area contributed by atoms with E-state index < -0.39 is 27.9 Å². The van der Waals surface area contributed by atoms with Crippen LogP contribution in [0.2, 0.25) is 0 Å². The largest absolute Gasteiger partial charge is 0.496 e. The predicted molar refractivity (Wildman–Crippen MR) is 81.3 cm³/mol. The molecule has 1 N–H and O–H groups in total. The number of hydrogen-bond donors (Lipinski definition) is 1. The first kappa shape index (κ1) is 17.6. The number of carbonyl (C=O) groups is 1. The van der Waals surface area contributed by atoms with E-state index in [1.807, 2.05) is 0 Å². The van der Waals surface area contributed by atoms with Crippen LogP contribution in [0, 0.1) is 5.82 Å². The fourth-order valence-corrected chi connectivity index (χ4v) is 3.52. The Balaban J connectivity index is 2.28. The zero-order chi connectivity index (χ0) is 17.2. The molecule has 1 fully saturated rings. The second-order valence-electron chi connectivity index (χ2n) is 5.33. The Bertz CT molecular complexity index is 686. The summed E-state index contributed by atoms with van der Waals surface area (Å²) < 4.78 is 43.0. The molecule has 1 aliphatic heterocycles. The summed E-state index contributed by atoms with van der Waals surface area (Å²) >= 11 is 0. The maximum Gasteiger partial charge on any atom is 0.325 e. The third kappa shape index (κ3) is 3.98. The quantitative estimate of drug-likeness (QED) is 0.837. The summed E-state index contributed by atoms with van der Waals surface area (Å²) in [6.07, 6.45) is 1.12. The van der Waals surface area contributed by atoms with E-state index in [1.54, 1.807) is 4.90 Å². The van der Waals surface area contributed by atoms with Gasteiger partial charge in [-0.2, -0.15) is 4.31 Å². The van der Waals surface area contributed by atoms with E-state index in [0.717, 1.165) is 12.3 Å². The number of methoxy groups -OCH3 is 1. The van der Waals surface area contributed by atoms with Gasteiger partial charge in [0.15, 0.2) is 0 Å². The molecule has 2 rings (SSSR count). The van der Waals surface area contributed by atoms with E-state index in [4.69, 9.17) is 4.74 Å². The van der Waals surface area contributed by atoms with Crippen LogP contribution >= 0.6 is 0 Å². The van der Waals surface area contributed by atoms with E-state index in [1.165, 1.54) is 23.5 Å². The number of rotatable bonds is 5. The molecule has 1 atom stereocenters. The molecule has 0 amide bonds. The summed E-state index contributed by atoms with van der Waals surface area (Å²) in [5.74, 6) is -1.41. The highest BCUT2D eigenvalue weighted by Crippen LogP contribution is 2.31. The van der Waals surface area contributed by atoms with Crippen molar-refractivity contribution in [3.8, 4) is 5.75 Å². The van der Waals surface area contributed by atoms with Gasteiger partial charge in [0.1, 0.15) is 17.6 Å². The molecular weight excluding hydrogens is 327 g/mol. The van der Waals surface area contributed by atoms with Gasteiger partial charge in [-0.15, -0.1) is 0 Å². The number of hydrogen-bond acceptors (Lipinski definition) is 5. The molecule has 0 unspecified atom stereocenters. The lowest BCUT2D eigenvalue weighted by atomic mass is 10.0.